The minimum absolute atomic E-state index is 0.0983. The number of urea groups is 1. The summed E-state index contributed by atoms with van der Waals surface area (Å²) in [4.78, 5) is 37.7. The van der Waals surface area contributed by atoms with Crippen LogP contribution in [0.5, 0.6) is 0 Å². The Hall–Kier alpha value is -1.63. The summed E-state index contributed by atoms with van der Waals surface area (Å²) in [5.74, 6) is -0.306. The van der Waals surface area contributed by atoms with E-state index in [1.807, 2.05) is 0 Å². The average molecular weight is 323 g/mol. The van der Waals surface area contributed by atoms with Crippen molar-refractivity contribution in [3.8, 4) is 0 Å². The minimum atomic E-state index is -0.705. The highest BCUT2D eigenvalue weighted by molar-refractivity contribution is 6.07. The van der Waals surface area contributed by atoms with Crippen LogP contribution in [0, 0.1) is 0 Å². The smallest absolute Gasteiger partial charge is 0.325 e. The lowest BCUT2D eigenvalue weighted by atomic mass is 9.82. The Morgan fingerprint density at radius 3 is 2.74 bits per heavy atom. The van der Waals surface area contributed by atoms with Gasteiger partial charge in [0, 0.05) is 26.1 Å². The van der Waals surface area contributed by atoms with Crippen LogP contribution in [-0.2, 0) is 14.3 Å². The Kier molecular flexibility index (Phi) is 4.84. The average Bonchev–Trinajstić information content (AvgIpc) is 3.13. The molecule has 3 rings (SSSR count). The van der Waals surface area contributed by atoms with Gasteiger partial charge in [-0.3, -0.25) is 14.5 Å². The predicted molar refractivity (Wildman–Crippen MR) is 82.7 cm³/mol. The van der Waals surface area contributed by atoms with Gasteiger partial charge in [0.05, 0.1) is 6.10 Å². The van der Waals surface area contributed by atoms with Gasteiger partial charge in [0.15, 0.2) is 0 Å². The summed E-state index contributed by atoms with van der Waals surface area (Å²) in [6.07, 6.45) is 6.68. The molecule has 7 nitrogen and oxygen atoms in total. The van der Waals surface area contributed by atoms with E-state index in [9.17, 15) is 14.4 Å². The first kappa shape index (κ1) is 16.2. The number of amides is 4. The Bertz CT molecular complexity index is 482. The van der Waals surface area contributed by atoms with Crippen LogP contribution in [0.25, 0.3) is 0 Å². The molecule has 7 heteroatoms. The molecule has 2 heterocycles. The van der Waals surface area contributed by atoms with Crippen LogP contribution in [0.1, 0.15) is 51.4 Å². The highest BCUT2D eigenvalue weighted by atomic mass is 16.5. The Labute approximate surface area is 136 Å². The minimum Gasteiger partial charge on any atom is -0.376 e. The molecular weight excluding hydrogens is 298 g/mol. The molecule has 0 aromatic heterocycles. The maximum Gasteiger partial charge on any atom is 0.325 e. The molecule has 1 aliphatic carbocycles. The monoisotopic (exact) mass is 323 g/mol. The number of nitrogens with zero attached hydrogens (tertiary/aromatic N) is 1. The van der Waals surface area contributed by atoms with Crippen molar-refractivity contribution in [2.24, 2.45) is 0 Å². The van der Waals surface area contributed by atoms with E-state index in [2.05, 4.69) is 10.6 Å². The van der Waals surface area contributed by atoms with Crippen LogP contribution in [0.15, 0.2) is 0 Å². The number of carbonyl (C=O) groups excluding carboxylic acids is 3. The summed E-state index contributed by atoms with van der Waals surface area (Å²) in [6, 6.07) is -0.358. The lowest BCUT2D eigenvalue weighted by Crippen LogP contribution is -2.48. The number of ether oxygens (including phenoxy) is 1. The first-order valence-corrected chi connectivity index (χ1v) is 8.63. The van der Waals surface area contributed by atoms with Crippen LogP contribution in [-0.4, -0.2) is 54.1 Å². The first-order valence-electron chi connectivity index (χ1n) is 8.63. The molecule has 0 radical (unpaired) electrons. The van der Waals surface area contributed by atoms with E-state index in [1.54, 1.807) is 0 Å². The number of carbonyl (C=O) groups is 3. The van der Waals surface area contributed by atoms with Gasteiger partial charge in [0.1, 0.15) is 5.54 Å². The molecule has 3 aliphatic rings. The molecular formula is C16H25N3O4. The lowest BCUT2D eigenvalue weighted by molar-refractivity contribution is -0.132. The predicted octanol–water partition coefficient (Wildman–Crippen LogP) is 0.926. The highest BCUT2D eigenvalue weighted by Crippen LogP contribution is 2.33. The van der Waals surface area contributed by atoms with E-state index < -0.39 is 5.54 Å². The van der Waals surface area contributed by atoms with Crippen LogP contribution in [0.3, 0.4) is 0 Å². The van der Waals surface area contributed by atoms with Crippen LogP contribution >= 0.6 is 0 Å². The van der Waals surface area contributed by atoms with Crippen molar-refractivity contribution in [1.29, 1.82) is 0 Å². The van der Waals surface area contributed by atoms with Gasteiger partial charge in [-0.2, -0.15) is 0 Å². The van der Waals surface area contributed by atoms with E-state index in [0.717, 1.165) is 38.7 Å². The van der Waals surface area contributed by atoms with E-state index in [0.29, 0.717) is 19.4 Å². The third-order valence-corrected chi connectivity index (χ3v) is 5.07. The van der Waals surface area contributed by atoms with E-state index in [1.165, 1.54) is 4.90 Å². The van der Waals surface area contributed by atoms with Gasteiger partial charge < -0.3 is 15.4 Å². The van der Waals surface area contributed by atoms with Gasteiger partial charge >= 0.3 is 6.03 Å². The van der Waals surface area contributed by atoms with Gasteiger partial charge in [0.25, 0.3) is 5.91 Å². The standard InChI is InChI=1S/C16H25N3O4/c20-13(17-11-12-5-4-10-23-12)6-9-19-14(21)16(18-15(19)22)7-2-1-3-8-16/h12H,1-11H2,(H,17,20)(H,18,22). The summed E-state index contributed by atoms with van der Waals surface area (Å²) >= 11 is 0. The van der Waals surface area contributed by atoms with Gasteiger partial charge in [0.2, 0.25) is 5.91 Å². The number of nitrogens with one attached hydrogen (secondary N) is 2. The molecule has 1 spiro atoms. The maximum atomic E-state index is 12.6. The molecule has 1 unspecified atom stereocenters. The second kappa shape index (κ2) is 6.86. The summed E-state index contributed by atoms with van der Waals surface area (Å²) in [7, 11) is 0. The molecule has 1 saturated carbocycles. The largest absolute Gasteiger partial charge is 0.376 e. The zero-order chi connectivity index (χ0) is 16.3. The van der Waals surface area contributed by atoms with Gasteiger partial charge in [-0.25, -0.2) is 4.79 Å². The fraction of sp³-hybridized carbons (Fsp3) is 0.812. The SMILES string of the molecule is O=C(CCN1C(=O)NC2(CCCCC2)C1=O)NCC1CCCO1. The van der Waals surface area contributed by atoms with E-state index in [-0.39, 0.29) is 36.9 Å². The number of imide groups is 1. The van der Waals surface area contributed by atoms with Crippen LogP contribution < -0.4 is 10.6 Å². The van der Waals surface area contributed by atoms with Crippen molar-refractivity contribution in [3.63, 3.8) is 0 Å². The molecule has 0 bridgehead atoms. The second-order valence-electron chi connectivity index (χ2n) is 6.72. The highest BCUT2D eigenvalue weighted by Gasteiger charge is 2.50. The van der Waals surface area contributed by atoms with Crippen LogP contribution in [0.2, 0.25) is 0 Å². The quantitative estimate of drug-likeness (QED) is 0.737. The topological polar surface area (TPSA) is 87.7 Å². The molecule has 23 heavy (non-hydrogen) atoms. The fourth-order valence-corrected chi connectivity index (χ4v) is 3.71. The number of hydrogen-bond acceptors (Lipinski definition) is 4. The van der Waals surface area contributed by atoms with Crippen molar-refractivity contribution in [3.05, 3.63) is 0 Å². The molecule has 2 aliphatic heterocycles. The number of rotatable bonds is 5. The van der Waals surface area contributed by atoms with Crippen molar-refractivity contribution in [1.82, 2.24) is 15.5 Å². The van der Waals surface area contributed by atoms with Crippen molar-refractivity contribution in [2.75, 3.05) is 19.7 Å². The Balaban J connectivity index is 1.46. The normalized spacial score (nSPS) is 26.6. The van der Waals surface area contributed by atoms with Gasteiger partial charge in [-0.15, -0.1) is 0 Å². The van der Waals surface area contributed by atoms with Gasteiger partial charge in [-0.1, -0.05) is 19.3 Å². The Morgan fingerprint density at radius 2 is 2.04 bits per heavy atom. The summed E-state index contributed by atoms with van der Waals surface area (Å²) in [5.41, 5.74) is -0.705. The Morgan fingerprint density at radius 1 is 1.26 bits per heavy atom. The van der Waals surface area contributed by atoms with Crippen molar-refractivity contribution >= 4 is 17.8 Å². The third-order valence-electron chi connectivity index (χ3n) is 5.07. The third kappa shape index (κ3) is 3.49. The molecule has 1 atom stereocenters. The molecule has 2 N–H and O–H groups in total. The maximum absolute atomic E-state index is 12.6. The molecule has 2 saturated heterocycles. The molecule has 0 aromatic rings. The van der Waals surface area contributed by atoms with Crippen LogP contribution in [0.4, 0.5) is 4.79 Å². The van der Waals surface area contributed by atoms with E-state index >= 15 is 0 Å². The molecule has 4 amide bonds. The second-order valence-corrected chi connectivity index (χ2v) is 6.72. The summed E-state index contributed by atoms with van der Waals surface area (Å²) in [5, 5.41) is 5.67. The van der Waals surface area contributed by atoms with E-state index in [4.69, 9.17) is 4.74 Å². The zero-order valence-corrected chi connectivity index (χ0v) is 13.4. The first-order chi connectivity index (χ1) is 11.1. The zero-order valence-electron chi connectivity index (χ0n) is 13.4. The van der Waals surface area contributed by atoms with Crippen molar-refractivity contribution in [2.45, 2.75) is 63.0 Å². The summed E-state index contributed by atoms with van der Waals surface area (Å²) in [6.45, 7) is 1.40. The van der Waals surface area contributed by atoms with Crippen molar-refractivity contribution < 1.29 is 19.1 Å². The summed E-state index contributed by atoms with van der Waals surface area (Å²) < 4.78 is 5.45. The number of hydrogen-bond donors (Lipinski definition) is 2. The van der Waals surface area contributed by atoms with Gasteiger partial charge in [-0.05, 0) is 25.7 Å². The molecule has 128 valence electrons. The fourth-order valence-electron chi connectivity index (χ4n) is 3.71. The molecule has 3 fully saturated rings. The lowest BCUT2D eigenvalue weighted by Gasteiger charge is -2.30. The molecule has 0 aromatic carbocycles.